The highest BCUT2D eigenvalue weighted by atomic mass is 16.4. The lowest BCUT2D eigenvalue weighted by Gasteiger charge is -2.15. The van der Waals surface area contributed by atoms with Crippen LogP contribution in [0.2, 0.25) is 0 Å². The summed E-state index contributed by atoms with van der Waals surface area (Å²) in [5.74, 6) is -1.12. The zero-order valence-electron chi connectivity index (χ0n) is 11.6. The van der Waals surface area contributed by atoms with Gasteiger partial charge in [-0.15, -0.1) is 0 Å². The maximum atomic E-state index is 11.3. The Bertz CT molecular complexity index is 471. The van der Waals surface area contributed by atoms with Gasteiger partial charge in [-0.1, -0.05) is 36.9 Å². The lowest BCUT2D eigenvalue weighted by molar-refractivity contribution is -0.139. The van der Waals surface area contributed by atoms with E-state index in [4.69, 9.17) is 5.11 Å². The van der Waals surface area contributed by atoms with E-state index in [2.05, 4.69) is 17.2 Å². The third-order valence-corrected chi connectivity index (χ3v) is 2.77. The number of nitrogens with one attached hydrogen (secondary N) is 2. The van der Waals surface area contributed by atoms with Gasteiger partial charge in [0.15, 0.2) is 0 Å². The van der Waals surface area contributed by atoms with Crippen molar-refractivity contribution >= 4 is 11.9 Å². The van der Waals surface area contributed by atoms with Crippen LogP contribution in [0.4, 0.5) is 0 Å². The molecule has 5 heteroatoms. The minimum atomic E-state index is -0.903. The van der Waals surface area contributed by atoms with E-state index in [9.17, 15) is 9.59 Å². The Balaban J connectivity index is 2.39. The fraction of sp³-hybridized carbons (Fsp3) is 0.333. The number of benzene rings is 1. The second kappa shape index (κ2) is 8.12. The normalized spacial score (nSPS) is 11.7. The molecule has 0 fully saturated rings. The fourth-order valence-corrected chi connectivity index (χ4v) is 1.67. The Hall–Kier alpha value is -2.14. The Morgan fingerprint density at radius 2 is 1.90 bits per heavy atom. The number of amides is 1. The largest absolute Gasteiger partial charge is 0.480 e. The van der Waals surface area contributed by atoms with E-state index in [1.54, 1.807) is 6.92 Å². The third kappa shape index (κ3) is 5.67. The van der Waals surface area contributed by atoms with Crippen LogP contribution in [-0.4, -0.2) is 36.1 Å². The van der Waals surface area contributed by atoms with Gasteiger partial charge in [-0.2, -0.15) is 0 Å². The van der Waals surface area contributed by atoms with Gasteiger partial charge in [0.25, 0.3) is 0 Å². The zero-order valence-corrected chi connectivity index (χ0v) is 11.6. The number of carbonyl (C=O) groups is 2. The standard InChI is InChI=1S/C15H20N2O3/c1-11(2)14(18)17-9-8-16-13(15(19)20)10-12-6-4-3-5-7-12/h3-7,13,16H,1,8-10H2,2H3,(H,17,18)(H,19,20). The van der Waals surface area contributed by atoms with Crippen LogP contribution in [0.3, 0.4) is 0 Å². The molecule has 0 saturated carbocycles. The molecule has 1 atom stereocenters. The molecule has 0 heterocycles. The van der Waals surface area contributed by atoms with Gasteiger partial charge >= 0.3 is 5.97 Å². The van der Waals surface area contributed by atoms with Crippen LogP contribution >= 0.6 is 0 Å². The summed E-state index contributed by atoms with van der Waals surface area (Å²) < 4.78 is 0. The number of carbonyl (C=O) groups excluding carboxylic acids is 1. The fourth-order valence-electron chi connectivity index (χ4n) is 1.67. The molecular weight excluding hydrogens is 256 g/mol. The summed E-state index contributed by atoms with van der Waals surface area (Å²) in [5.41, 5.74) is 1.39. The van der Waals surface area contributed by atoms with E-state index in [0.717, 1.165) is 5.56 Å². The maximum absolute atomic E-state index is 11.3. The summed E-state index contributed by atoms with van der Waals surface area (Å²) >= 11 is 0. The first-order valence-corrected chi connectivity index (χ1v) is 6.44. The third-order valence-electron chi connectivity index (χ3n) is 2.77. The molecule has 108 valence electrons. The number of aliphatic carboxylic acids is 1. The van der Waals surface area contributed by atoms with E-state index in [0.29, 0.717) is 25.1 Å². The van der Waals surface area contributed by atoms with Gasteiger partial charge in [0.2, 0.25) is 5.91 Å². The molecule has 3 N–H and O–H groups in total. The van der Waals surface area contributed by atoms with E-state index >= 15 is 0 Å². The van der Waals surface area contributed by atoms with Gasteiger partial charge in [0.05, 0.1) is 0 Å². The lowest BCUT2D eigenvalue weighted by Crippen LogP contribution is -2.42. The molecule has 1 rings (SSSR count). The van der Waals surface area contributed by atoms with Gasteiger partial charge < -0.3 is 15.7 Å². The minimum absolute atomic E-state index is 0.221. The molecule has 1 unspecified atom stereocenters. The Morgan fingerprint density at radius 3 is 2.45 bits per heavy atom. The van der Waals surface area contributed by atoms with Crippen LogP contribution in [0.1, 0.15) is 12.5 Å². The number of hydrogen-bond donors (Lipinski definition) is 3. The van der Waals surface area contributed by atoms with Crippen molar-refractivity contribution in [3.63, 3.8) is 0 Å². The predicted octanol–water partition coefficient (Wildman–Crippen LogP) is 0.964. The minimum Gasteiger partial charge on any atom is -0.480 e. The van der Waals surface area contributed by atoms with Gasteiger partial charge in [0.1, 0.15) is 6.04 Å². The summed E-state index contributed by atoms with van der Waals surface area (Å²) in [6.07, 6.45) is 0.407. The molecule has 5 nitrogen and oxygen atoms in total. The SMILES string of the molecule is C=C(C)C(=O)NCCNC(Cc1ccccc1)C(=O)O. The zero-order chi connectivity index (χ0) is 15.0. The molecule has 0 aliphatic carbocycles. The van der Waals surface area contributed by atoms with Crippen molar-refractivity contribution in [1.29, 1.82) is 0 Å². The molecular formula is C15H20N2O3. The Labute approximate surface area is 118 Å². The van der Waals surface area contributed by atoms with Crippen LogP contribution in [0.15, 0.2) is 42.5 Å². The quantitative estimate of drug-likeness (QED) is 0.488. The second-order valence-electron chi connectivity index (χ2n) is 4.57. The maximum Gasteiger partial charge on any atom is 0.321 e. The molecule has 0 saturated heterocycles. The van der Waals surface area contributed by atoms with Crippen LogP contribution < -0.4 is 10.6 Å². The molecule has 1 amide bonds. The van der Waals surface area contributed by atoms with Crippen molar-refractivity contribution in [2.75, 3.05) is 13.1 Å². The van der Waals surface area contributed by atoms with Crippen LogP contribution in [0.5, 0.6) is 0 Å². The Morgan fingerprint density at radius 1 is 1.25 bits per heavy atom. The summed E-state index contributed by atoms with van der Waals surface area (Å²) in [6, 6.07) is 8.75. The summed E-state index contributed by atoms with van der Waals surface area (Å²) in [5, 5.41) is 14.7. The molecule has 1 aromatic carbocycles. The van der Waals surface area contributed by atoms with E-state index in [1.807, 2.05) is 30.3 Å². The molecule has 0 aliphatic rings. The summed E-state index contributed by atoms with van der Waals surface area (Å²) in [4.78, 5) is 22.4. The monoisotopic (exact) mass is 276 g/mol. The van der Waals surface area contributed by atoms with Crippen LogP contribution in [0, 0.1) is 0 Å². The van der Waals surface area contributed by atoms with Crippen molar-refractivity contribution in [1.82, 2.24) is 10.6 Å². The first-order chi connectivity index (χ1) is 9.50. The first-order valence-electron chi connectivity index (χ1n) is 6.44. The lowest BCUT2D eigenvalue weighted by atomic mass is 10.1. The molecule has 20 heavy (non-hydrogen) atoms. The molecule has 0 bridgehead atoms. The summed E-state index contributed by atoms with van der Waals surface area (Å²) in [6.45, 7) is 5.91. The topological polar surface area (TPSA) is 78.4 Å². The highest BCUT2D eigenvalue weighted by Crippen LogP contribution is 2.03. The first kappa shape index (κ1) is 15.9. The van der Waals surface area contributed by atoms with E-state index in [-0.39, 0.29) is 5.91 Å². The number of hydrogen-bond acceptors (Lipinski definition) is 3. The van der Waals surface area contributed by atoms with Crippen LogP contribution in [-0.2, 0) is 16.0 Å². The number of rotatable bonds is 8. The Kier molecular flexibility index (Phi) is 6.46. The van der Waals surface area contributed by atoms with Crippen molar-refractivity contribution in [2.24, 2.45) is 0 Å². The molecule has 0 aromatic heterocycles. The van der Waals surface area contributed by atoms with Crippen LogP contribution in [0.25, 0.3) is 0 Å². The highest BCUT2D eigenvalue weighted by molar-refractivity contribution is 5.92. The van der Waals surface area contributed by atoms with Gasteiger partial charge in [-0.3, -0.25) is 9.59 Å². The van der Waals surface area contributed by atoms with Crippen molar-refractivity contribution in [3.8, 4) is 0 Å². The van der Waals surface area contributed by atoms with Crippen molar-refractivity contribution < 1.29 is 14.7 Å². The van der Waals surface area contributed by atoms with Gasteiger partial charge in [-0.25, -0.2) is 0 Å². The second-order valence-corrected chi connectivity index (χ2v) is 4.57. The van der Waals surface area contributed by atoms with E-state index < -0.39 is 12.0 Å². The molecule has 1 aromatic rings. The number of carboxylic acids is 1. The average molecular weight is 276 g/mol. The van der Waals surface area contributed by atoms with Crippen molar-refractivity contribution in [3.05, 3.63) is 48.0 Å². The van der Waals surface area contributed by atoms with Gasteiger partial charge in [-0.05, 0) is 18.9 Å². The van der Waals surface area contributed by atoms with E-state index in [1.165, 1.54) is 0 Å². The van der Waals surface area contributed by atoms with Crippen molar-refractivity contribution in [2.45, 2.75) is 19.4 Å². The molecule has 0 spiro atoms. The average Bonchev–Trinajstić information content (AvgIpc) is 2.42. The summed E-state index contributed by atoms with van der Waals surface area (Å²) in [7, 11) is 0. The smallest absolute Gasteiger partial charge is 0.321 e. The number of carboxylic acid groups (broad SMARTS) is 1. The highest BCUT2D eigenvalue weighted by Gasteiger charge is 2.16. The van der Waals surface area contributed by atoms with Gasteiger partial charge in [0, 0.05) is 18.7 Å². The predicted molar refractivity (Wildman–Crippen MR) is 77.4 cm³/mol. The molecule has 0 radical (unpaired) electrons. The molecule has 0 aliphatic heterocycles.